The van der Waals surface area contributed by atoms with E-state index in [0.717, 1.165) is 28.8 Å². The first-order valence-electron chi connectivity index (χ1n) is 5.18. The van der Waals surface area contributed by atoms with E-state index in [1.807, 2.05) is 31.2 Å². The summed E-state index contributed by atoms with van der Waals surface area (Å²) in [6.45, 7) is 2.68. The van der Waals surface area contributed by atoms with Gasteiger partial charge in [-0.2, -0.15) is 0 Å². The van der Waals surface area contributed by atoms with E-state index in [4.69, 9.17) is 16.4 Å². The molecule has 1 saturated carbocycles. The van der Waals surface area contributed by atoms with Crippen LogP contribution in [0.2, 0.25) is 5.02 Å². The van der Waals surface area contributed by atoms with Gasteiger partial charge in [0.25, 0.3) is 0 Å². The van der Waals surface area contributed by atoms with Gasteiger partial charge in [0.15, 0.2) is 0 Å². The van der Waals surface area contributed by atoms with Crippen molar-refractivity contribution >= 4 is 17.3 Å². The summed E-state index contributed by atoms with van der Waals surface area (Å²) in [5, 5.41) is 4.80. The lowest BCUT2D eigenvalue weighted by Crippen LogP contribution is -1.98. The third kappa shape index (κ3) is 3.24. The molecule has 1 fully saturated rings. The maximum atomic E-state index is 5.89. The monoisotopic (exact) mass is 223 g/mol. The quantitative estimate of drug-likeness (QED) is 0.566. The predicted octanol–water partition coefficient (Wildman–Crippen LogP) is 3.49. The number of nitrogens with zero attached hydrogens (tertiary/aromatic N) is 1. The zero-order valence-corrected chi connectivity index (χ0v) is 9.50. The van der Waals surface area contributed by atoms with E-state index in [-0.39, 0.29) is 0 Å². The zero-order valence-electron chi connectivity index (χ0n) is 8.74. The van der Waals surface area contributed by atoms with Crippen LogP contribution in [0.15, 0.2) is 29.4 Å². The molecule has 0 heterocycles. The minimum Gasteiger partial charge on any atom is -0.395 e. The SMILES string of the molecule is C/C(=N\OCC1CC1)c1cccc(Cl)c1. The molecule has 0 bridgehead atoms. The van der Waals surface area contributed by atoms with Gasteiger partial charge in [-0.05, 0) is 37.8 Å². The fraction of sp³-hybridized carbons (Fsp3) is 0.417. The first-order chi connectivity index (χ1) is 7.25. The Kier molecular flexibility index (Phi) is 3.27. The van der Waals surface area contributed by atoms with E-state index in [9.17, 15) is 0 Å². The molecule has 1 aromatic rings. The van der Waals surface area contributed by atoms with Gasteiger partial charge in [0.1, 0.15) is 6.61 Å². The normalized spacial score (nSPS) is 16.5. The molecule has 2 nitrogen and oxygen atoms in total. The lowest BCUT2D eigenvalue weighted by Gasteiger charge is -2.01. The second-order valence-electron chi connectivity index (χ2n) is 3.93. The molecule has 0 N–H and O–H groups in total. The van der Waals surface area contributed by atoms with Crippen LogP contribution >= 0.6 is 11.6 Å². The average Bonchev–Trinajstić information content (AvgIpc) is 3.01. The first-order valence-corrected chi connectivity index (χ1v) is 5.56. The molecule has 0 radical (unpaired) electrons. The zero-order chi connectivity index (χ0) is 10.7. The maximum absolute atomic E-state index is 5.89. The second-order valence-corrected chi connectivity index (χ2v) is 4.36. The molecule has 0 spiro atoms. The summed E-state index contributed by atoms with van der Waals surface area (Å²) < 4.78 is 0. The van der Waals surface area contributed by atoms with Crippen LogP contribution < -0.4 is 0 Å². The molecule has 80 valence electrons. The highest BCUT2D eigenvalue weighted by atomic mass is 35.5. The van der Waals surface area contributed by atoms with Crippen molar-refractivity contribution < 1.29 is 4.84 Å². The van der Waals surface area contributed by atoms with Crippen LogP contribution in [0.4, 0.5) is 0 Å². The smallest absolute Gasteiger partial charge is 0.120 e. The van der Waals surface area contributed by atoms with Crippen LogP contribution in [0.1, 0.15) is 25.3 Å². The van der Waals surface area contributed by atoms with Crippen molar-refractivity contribution in [3.05, 3.63) is 34.9 Å². The molecule has 2 rings (SSSR count). The third-order valence-electron chi connectivity index (χ3n) is 2.45. The maximum Gasteiger partial charge on any atom is 0.120 e. The van der Waals surface area contributed by atoms with E-state index < -0.39 is 0 Å². The molecule has 0 amide bonds. The second kappa shape index (κ2) is 4.67. The van der Waals surface area contributed by atoms with Crippen molar-refractivity contribution in [1.82, 2.24) is 0 Å². The van der Waals surface area contributed by atoms with Crippen LogP contribution in [0, 0.1) is 5.92 Å². The third-order valence-corrected chi connectivity index (χ3v) is 2.69. The molecular weight excluding hydrogens is 210 g/mol. The largest absolute Gasteiger partial charge is 0.395 e. The number of hydrogen-bond donors (Lipinski definition) is 0. The molecule has 0 aromatic heterocycles. The van der Waals surface area contributed by atoms with Gasteiger partial charge in [0.2, 0.25) is 0 Å². The van der Waals surface area contributed by atoms with Crippen molar-refractivity contribution in [3.8, 4) is 0 Å². The summed E-state index contributed by atoms with van der Waals surface area (Å²) in [6.07, 6.45) is 2.57. The van der Waals surface area contributed by atoms with Crippen molar-refractivity contribution in [3.63, 3.8) is 0 Å². The highest BCUT2D eigenvalue weighted by molar-refractivity contribution is 6.31. The van der Waals surface area contributed by atoms with Gasteiger partial charge in [0.05, 0.1) is 5.71 Å². The Bertz CT molecular complexity index is 372. The standard InChI is InChI=1S/C12H14ClNO/c1-9(14-15-8-10-5-6-10)11-3-2-4-12(13)7-11/h2-4,7,10H,5-6,8H2,1H3/b14-9+. The van der Waals surface area contributed by atoms with Gasteiger partial charge < -0.3 is 4.84 Å². The topological polar surface area (TPSA) is 21.6 Å². The molecular formula is C12H14ClNO. The van der Waals surface area contributed by atoms with Gasteiger partial charge >= 0.3 is 0 Å². The summed E-state index contributed by atoms with van der Waals surface area (Å²) in [5.74, 6) is 0.737. The van der Waals surface area contributed by atoms with Crippen LogP contribution in [0.25, 0.3) is 0 Å². The average molecular weight is 224 g/mol. The fourth-order valence-electron chi connectivity index (χ4n) is 1.29. The minimum absolute atomic E-state index is 0.726. The van der Waals surface area contributed by atoms with E-state index in [1.165, 1.54) is 12.8 Å². The predicted molar refractivity (Wildman–Crippen MR) is 62.3 cm³/mol. The van der Waals surface area contributed by atoms with Gasteiger partial charge in [-0.3, -0.25) is 0 Å². The summed E-state index contributed by atoms with van der Waals surface area (Å²) in [7, 11) is 0. The van der Waals surface area contributed by atoms with Crippen LogP contribution in [-0.2, 0) is 4.84 Å². The molecule has 1 aromatic carbocycles. The number of rotatable bonds is 4. The number of hydrogen-bond acceptors (Lipinski definition) is 2. The summed E-state index contributed by atoms with van der Waals surface area (Å²) in [6, 6.07) is 7.63. The van der Waals surface area contributed by atoms with Gasteiger partial charge in [0, 0.05) is 10.6 Å². The van der Waals surface area contributed by atoms with Crippen LogP contribution in [0.5, 0.6) is 0 Å². The molecule has 0 saturated heterocycles. The molecule has 0 unspecified atom stereocenters. The Morgan fingerprint density at radius 3 is 3.00 bits per heavy atom. The van der Waals surface area contributed by atoms with E-state index in [1.54, 1.807) is 0 Å². The van der Waals surface area contributed by atoms with Gasteiger partial charge in [-0.25, -0.2) is 0 Å². The Morgan fingerprint density at radius 2 is 2.33 bits per heavy atom. The summed E-state index contributed by atoms with van der Waals surface area (Å²) >= 11 is 5.89. The van der Waals surface area contributed by atoms with Crippen LogP contribution in [-0.4, -0.2) is 12.3 Å². The van der Waals surface area contributed by atoms with E-state index in [2.05, 4.69) is 5.16 Å². The fourth-order valence-corrected chi connectivity index (χ4v) is 1.48. The van der Waals surface area contributed by atoms with Gasteiger partial charge in [-0.1, -0.05) is 28.9 Å². The first kappa shape index (κ1) is 10.5. The Labute approximate surface area is 94.9 Å². The Hall–Kier alpha value is -1.02. The summed E-state index contributed by atoms with van der Waals surface area (Å²) in [4.78, 5) is 5.26. The lowest BCUT2D eigenvalue weighted by atomic mass is 10.1. The van der Waals surface area contributed by atoms with E-state index in [0.29, 0.717) is 0 Å². The lowest BCUT2D eigenvalue weighted by molar-refractivity contribution is 0.134. The van der Waals surface area contributed by atoms with Crippen molar-refractivity contribution in [2.24, 2.45) is 11.1 Å². The van der Waals surface area contributed by atoms with Crippen molar-refractivity contribution in [2.45, 2.75) is 19.8 Å². The molecule has 15 heavy (non-hydrogen) atoms. The van der Waals surface area contributed by atoms with Gasteiger partial charge in [-0.15, -0.1) is 0 Å². The molecule has 1 aliphatic carbocycles. The highest BCUT2D eigenvalue weighted by Gasteiger charge is 2.21. The van der Waals surface area contributed by atoms with Crippen molar-refractivity contribution in [1.29, 1.82) is 0 Å². The molecule has 0 aliphatic heterocycles. The number of oxime groups is 1. The highest BCUT2D eigenvalue weighted by Crippen LogP contribution is 2.28. The Morgan fingerprint density at radius 1 is 1.53 bits per heavy atom. The Balaban J connectivity index is 1.95. The van der Waals surface area contributed by atoms with E-state index >= 15 is 0 Å². The molecule has 1 aliphatic rings. The van der Waals surface area contributed by atoms with Crippen molar-refractivity contribution in [2.75, 3.05) is 6.61 Å². The molecule has 3 heteroatoms. The number of benzene rings is 1. The van der Waals surface area contributed by atoms with Crippen LogP contribution in [0.3, 0.4) is 0 Å². The minimum atomic E-state index is 0.726. The molecule has 0 atom stereocenters. The summed E-state index contributed by atoms with van der Waals surface area (Å²) in [5.41, 5.74) is 1.89. The number of halogens is 1.